The molecule has 5 rings (SSSR count). The Balaban J connectivity index is 1.18. The van der Waals surface area contributed by atoms with Crippen LogP contribution in [0.3, 0.4) is 0 Å². The molecule has 188 valence electrons. The molecule has 1 aromatic carbocycles. The minimum Gasteiger partial charge on any atom is -0.379 e. The SMILES string of the molecule is O=C(NCCn1ncc2c(NCc3cccs3)ncnc21)c1ccc(S(=O)(=O)N2CCOCC2)cc1. The Morgan fingerprint density at radius 3 is 2.67 bits per heavy atom. The monoisotopic (exact) mass is 527 g/mol. The van der Waals surface area contributed by atoms with E-state index in [4.69, 9.17) is 4.74 Å². The fraction of sp³-hybridized carbons (Fsp3) is 0.304. The van der Waals surface area contributed by atoms with Crippen LogP contribution in [-0.2, 0) is 27.8 Å². The van der Waals surface area contributed by atoms with Gasteiger partial charge >= 0.3 is 0 Å². The Morgan fingerprint density at radius 1 is 1.11 bits per heavy atom. The lowest BCUT2D eigenvalue weighted by atomic mass is 10.2. The normalized spacial score (nSPS) is 14.7. The van der Waals surface area contributed by atoms with Crippen LogP contribution in [0.2, 0.25) is 0 Å². The van der Waals surface area contributed by atoms with E-state index in [9.17, 15) is 13.2 Å². The Kier molecular flexibility index (Phi) is 7.23. The van der Waals surface area contributed by atoms with Crippen LogP contribution in [0.15, 0.2) is 59.2 Å². The number of morpholine rings is 1. The highest BCUT2D eigenvalue weighted by Gasteiger charge is 2.26. The van der Waals surface area contributed by atoms with Crippen molar-refractivity contribution in [3.8, 4) is 0 Å². The number of fused-ring (bicyclic) bond motifs is 1. The third-order valence-corrected chi connectivity index (χ3v) is 8.57. The van der Waals surface area contributed by atoms with E-state index in [-0.39, 0.29) is 10.8 Å². The molecule has 0 bridgehead atoms. The summed E-state index contributed by atoms with van der Waals surface area (Å²) in [5.74, 6) is 0.408. The predicted molar refractivity (Wildman–Crippen MR) is 135 cm³/mol. The number of anilines is 1. The summed E-state index contributed by atoms with van der Waals surface area (Å²) in [6, 6.07) is 10.0. The molecule has 0 atom stereocenters. The van der Waals surface area contributed by atoms with Crippen LogP contribution >= 0.6 is 11.3 Å². The van der Waals surface area contributed by atoms with Crippen molar-refractivity contribution in [2.45, 2.75) is 18.0 Å². The second-order valence-electron chi connectivity index (χ2n) is 8.06. The number of thiophene rings is 1. The maximum absolute atomic E-state index is 12.7. The summed E-state index contributed by atoms with van der Waals surface area (Å²) in [5, 5.41) is 13.4. The van der Waals surface area contributed by atoms with Gasteiger partial charge in [0.25, 0.3) is 5.91 Å². The summed E-state index contributed by atoms with van der Waals surface area (Å²) >= 11 is 1.67. The Bertz CT molecular complexity index is 1430. The average Bonchev–Trinajstić information content (AvgIpc) is 3.58. The molecule has 4 heterocycles. The van der Waals surface area contributed by atoms with Crippen molar-refractivity contribution in [2.24, 2.45) is 0 Å². The molecule has 2 N–H and O–H groups in total. The first-order valence-electron chi connectivity index (χ1n) is 11.4. The number of hydrogen-bond acceptors (Lipinski definition) is 9. The van der Waals surface area contributed by atoms with Gasteiger partial charge in [0.15, 0.2) is 5.65 Å². The summed E-state index contributed by atoms with van der Waals surface area (Å²) in [4.78, 5) is 22.6. The molecule has 0 unspecified atom stereocenters. The zero-order valence-electron chi connectivity index (χ0n) is 19.3. The third kappa shape index (κ3) is 5.23. The molecule has 0 spiro atoms. The molecule has 1 fully saturated rings. The maximum atomic E-state index is 12.7. The number of aromatic nitrogens is 4. The molecule has 3 aromatic heterocycles. The summed E-state index contributed by atoms with van der Waals surface area (Å²) in [6.07, 6.45) is 3.20. The molecule has 36 heavy (non-hydrogen) atoms. The molecule has 4 aromatic rings. The maximum Gasteiger partial charge on any atom is 0.251 e. The highest BCUT2D eigenvalue weighted by atomic mass is 32.2. The molecular formula is C23H25N7O4S2. The average molecular weight is 528 g/mol. The minimum absolute atomic E-state index is 0.159. The molecular weight excluding hydrogens is 502 g/mol. The number of amides is 1. The van der Waals surface area contributed by atoms with Gasteiger partial charge in [-0.25, -0.2) is 23.1 Å². The van der Waals surface area contributed by atoms with Gasteiger partial charge in [-0.2, -0.15) is 9.40 Å². The quantitative estimate of drug-likeness (QED) is 0.338. The number of rotatable bonds is 9. The number of ether oxygens (including phenoxy) is 1. The van der Waals surface area contributed by atoms with E-state index in [0.717, 1.165) is 5.39 Å². The minimum atomic E-state index is -3.60. The van der Waals surface area contributed by atoms with E-state index in [1.54, 1.807) is 22.2 Å². The van der Waals surface area contributed by atoms with E-state index in [1.165, 1.54) is 39.8 Å². The van der Waals surface area contributed by atoms with Gasteiger partial charge in [-0.05, 0) is 35.7 Å². The van der Waals surface area contributed by atoms with Crippen molar-refractivity contribution >= 4 is 44.1 Å². The fourth-order valence-electron chi connectivity index (χ4n) is 3.87. The smallest absolute Gasteiger partial charge is 0.251 e. The van der Waals surface area contributed by atoms with Crippen LogP contribution in [0.1, 0.15) is 15.2 Å². The largest absolute Gasteiger partial charge is 0.379 e. The molecule has 0 radical (unpaired) electrons. The summed E-state index contributed by atoms with van der Waals surface area (Å²) in [5.41, 5.74) is 1.05. The first-order valence-corrected chi connectivity index (χ1v) is 13.7. The number of benzene rings is 1. The van der Waals surface area contributed by atoms with E-state index < -0.39 is 10.0 Å². The molecule has 1 aliphatic rings. The van der Waals surface area contributed by atoms with Gasteiger partial charge in [0.2, 0.25) is 10.0 Å². The lowest BCUT2D eigenvalue weighted by molar-refractivity contribution is 0.0730. The zero-order chi connectivity index (χ0) is 25.0. The van der Waals surface area contributed by atoms with Crippen LogP contribution < -0.4 is 10.6 Å². The van der Waals surface area contributed by atoms with Crippen molar-refractivity contribution < 1.29 is 17.9 Å². The van der Waals surface area contributed by atoms with Crippen molar-refractivity contribution in [3.63, 3.8) is 0 Å². The van der Waals surface area contributed by atoms with Gasteiger partial charge in [0.1, 0.15) is 12.1 Å². The third-order valence-electron chi connectivity index (χ3n) is 5.78. The molecule has 11 nitrogen and oxygen atoms in total. The lowest BCUT2D eigenvalue weighted by Crippen LogP contribution is -2.40. The van der Waals surface area contributed by atoms with Gasteiger partial charge < -0.3 is 15.4 Å². The lowest BCUT2D eigenvalue weighted by Gasteiger charge is -2.26. The predicted octanol–water partition coefficient (Wildman–Crippen LogP) is 1.95. The summed E-state index contributed by atoms with van der Waals surface area (Å²) in [6.45, 7) is 2.81. The molecule has 0 aliphatic carbocycles. The molecule has 0 saturated carbocycles. The van der Waals surface area contributed by atoms with Crippen molar-refractivity contribution in [1.82, 2.24) is 29.4 Å². The zero-order valence-corrected chi connectivity index (χ0v) is 21.0. The molecule has 1 saturated heterocycles. The van der Waals surface area contributed by atoms with E-state index in [1.807, 2.05) is 11.4 Å². The van der Waals surface area contributed by atoms with Gasteiger partial charge in [0.05, 0.1) is 42.8 Å². The second kappa shape index (κ2) is 10.7. The van der Waals surface area contributed by atoms with E-state index in [2.05, 4.69) is 31.8 Å². The number of carbonyl (C=O) groups excluding carboxylic acids is 1. The highest BCUT2D eigenvalue weighted by molar-refractivity contribution is 7.89. The Hall–Kier alpha value is -3.39. The van der Waals surface area contributed by atoms with E-state index >= 15 is 0 Å². The number of sulfonamides is 1. The highest BCUT2D eigenvalue weighted by Crippen LogP contribution is 2.20. The van der Waals surface area contributed by atoms with Crippen LogP contribution in [0.5, 0.6) is 0 Å². The van der Waals surface area contributed by atoms with Crippen LogP contribution in [0.25, 0.3) is 11.0 Å². The first-order chi connectivity index (χ1) is 17.5. The fourth-order valence-corrected chi connectivity index (χ4v) is 5.93. The topological polar surface area (TPSA) is 131 Å². The standard InChI is InChI=1S/C23H25N7O4S2/c31-23(17-3-5-19(6-4-17)36(32,33)29-9-11-34-12-10-29)24-7-8-30-22-20(15-28-30)21(26-16-27-22)25-14-18-2-1-13-35-18/h1-6,13,15-16H,7-12,14H2,(H,24,31)(H,25,26,27). The van der Waals surface area contributed by atoms with Gasteiger partial charge in [-0.15, -0.1) is 11.3 Å². The Labute approximate surface area is 212 Å². The van der Waals surface area contributed by atoms with Gasteiger partial charge in [0, 0.05) is 30.1 Å². The van der Waals surface area contributed by atoms with Gasteiger partial charge in [-0.3, -0.25) is 4.79 Å². The number of nitrogens with one attached hydrogen (secondary N) is 2. The van der Waals surface area contributed by atoms with Gasteiger partial charge in [-0.1, -0.05) is 6.07 Å². The van der Waals surface area contributed by atoms with Crippen molar-refractivity contribution in [3.05, 3.63) is 64.7 Å². The number of hydrogen-bond donors (Lipinski definition) is 2. The first kappa shape index (κ1) is 24.3. The molecule has 13 heteroatoms. The van der Waals surface area contributed by atoms with Crippen LogP contribution in [0, 0.1) is 0 Å². The van der Waals surface area contributed by atoms with Crippen molar-refractivity contribution in [1.29, 1.82) is 0 Å². The number of carbonyl (C=O) groups is 1. The molecule has 1 amide bonds. The summed E-state index contributed by atoms with van der Waals surface area (Å²) in [7, 11) is -3.60. The second-order valence-corrected chi connectivity index (χ2v) is 11.0. The van der Waals surface area contributed by atoms with Crippen molar-refractivity contribution in [2.75, 3.05) is 38.2 Å². The summed E-state index contributed by atoms with van der Waals surface area (Å²) < 4.78 is 33.8. The van der Waals surface area contributed by atoms with E-state index in [0.29, 0.717) is 63.0 Å². The Morgan fingerprint density at radius 2 is 1.92 bits per heavy atom. The molecule has 1 aliphatic heterocycles. The number of nitrogens with zero attached hydrogens (tertiary/aromatic N) is 5. The van der Waals surface area contributed by atoms with Crippen LogP contribution in [0.4, 0.5) is 5.82 Å². The van der Waals surface area contributed by atoms with Crippen LogP contribution in [-0.4, -0.2) is 71.2 Å².